The molecule has 1 atom stereocenters. The fourth-order valence-electron chi connectivity index (χ4n) is 2.57. The van der Waals surface area contributed by atoms with Crippen molar-refractivity contribution in [1.82, 2.24) is 19.7 Å². The van der Waals surface area contributed by atoms with E-state index in [1.165, 1.54) is 15.3 Å². The molecule has 0 saturated carbocycles. The van der Waals surface area contributed by atoms with Crippen LogP contribution in [0.5, 0.6) is 0 Å². The van der Waals surface area contributed by atoms with Gasteiger partial charge < -0.3 is 0 Å². The van der Waals surface area contributed by atoms with E-state index in [1.54, 1.807) is 12.4 Å². The van der Waals surface area contributed by atoms with Crippen molar-refractivity contribution in [3.8, 4) is 11.4 Å². The maximum Gasteiger partial charge on any atom is 0.196 e. The van der Waals surface area contributed by atoms with Crippen molar-refractivity contribution in [2.24, 2.45) is 0 Å². The number of nitrogens with zero attached hydrogens (tertiary/aromatic N) is 3. The lowest BCUT2D eigenvalue weighted by molar-refractivity contribution is 0.634. The van der Waals surface area contributed by atoms with Gasteiger partial charge in [0, 0.05) is 27.7 Å². The fourth-order valence-corrected chi connectivity index (χ4v) is 3.87. The molecule has 0 amide bonds. The van der Waals surface area contributed by atoms with Gasteiger partial charge in [-0.1, -0.05) is 0 Å². The van der Waals surface area contributed by atoms with Crippen LogP contribution in [-0.4, -0.2) is 19.7 Å². The molecule has 0 aliphatic rings. The molecule has 0 fully saturated rings. The van der Waals surface area contributed by atoms with E-state index in [0.717, 1.165) is 11.4 Å². The lowest BCUT2D eigenvalue weighted by atomic mass is 10.1. The first-order valence-electron chi connectivity index (χ1n) is 6.72. The van der Waals surface area contributed by atoms with Crippen LogP contribution < -0.4 is 0 Å². The van der Waals surface area contributed by atoms with E-state index in [0.29, 0.717) is 4.77 Å². The van der Waals surface area contributed by atoms with E-state index in [-0.39, 0.29) is 6.04 Å². The summed E-state index contributed by atoms with van der Waals surface area (Å²) in [6.45, 7) is 6.43. The topological polar surface area (TPSA) is 46.5 Å². The van der Waals surface area contributed by atoms with Crippen LogP contribution in [0.2, 0.25) is 0 Å². The number of H-pyrrole nitrogens is 1. The van der Waals surface area contributed by atoms with E-state index in [1.807, 2.05) is 23.5 Å². The first-order chi connectivity index (χ1) is 10.1. The van der Waals surface area contributed by atoms with Crippen molar-refractivity contribution in [3.63, 3.8) is 0 Å². The van der Waals surface area contributed by atoms with Crippen LogP contribution in [0.15, 0.2) is 30.6 Å². The summed E-state index contributed by atoms with van der Waals surface area (Å²) in [5.41, 5.74) is 2.25. The molecule has 108 valence electrons. The number of aryl methyl sites for hydroxylation is 2. The minimum atomic E-state index is 0.136. The SMILES string of the molecule is Cc1cc(C(C)n2c(-c3cccnc3)n[nH]c2=S)c(C)s1. The van der Waals surface area contributed by atoms with E-state index in [9.17, 15) is 0 Å². The minimum Gasteiger partial charge on any atom is -0.293 e. The highest BCUT2D eigenvalue weighted by Gasteiger charge is 2.19. The van der Waals surface area contributed by atoms with Gasteiger partial charge in [-0.2, -0.15) is 5.10 Å². The largest absolute Gasteiger partial charge is 0.293 e. The standard InChI is InChI=1S/C15H16N4S2/c1-9-7-13(11(3)21-9)10(2)19-14(17-18-15(19)20)12-5-4-6-16-8-12/h4-8,10H,1-3H3,(H,18,20). The van der Waals surface area contributed by atoms with E-state index in [4.69, 9.17) is 12.2 Å². The zero-order valence-corrected chi connectivity index (χ0v) is 13.8. The molecule has 3 heterocycles. The average Bonchev–Trinajstić information content (AvgIpc) is 3.02. The van der Waals surface area contributed by atoms with Gasteiger partial charge in [0.25, 0.3) is 0 Å². The third-order valence-electron chi connectivity index (χ3n) is 3.54. The van der Waals surface area contributed by atoms with Crippen molar-refractivity contribution in [2.45, 2.75) is 26.8 Å². The molecule has 3 aromatic heterocycles. The lowest BCUT2D eigenvalue weighted by Gasteiger charge is -2.15. The minimum absolute atomic E-state index is 0.136. The Morgan fingerprint density at radius 1 is 1.38 bits per heavy atom. The molecular weight excluding hydrogens is 300 g/mol. The highest BCUT2D eigenvalue weighted by Crippen LogP contribution is 2.31. The van der Waals surface area contributed by atoms with Crippen molar-refractivity contribution >= 4 is 23.6 Å². The van der Waals surface area contributed by atoms with E-state index in [2.05, 4.69) is 46.6 Å². The number of hydrogen-bond donors (Lipinski definition) is 1. The molecule has 1 unspecified atom stereocenters. The first kappa shape index (κ1) is 14.2. The summed E-state index contributed by atoms with van der Waals surface area (Å²) in [5, 5.41) is 7.28. The highest BCUT2D eigenvalue weighted by atomic mass is 32.1. The van der Waals surface area contributed by atoms with Crippen molar-refractivity contribution in [1.29, 1.82) is 0 Å². The van der Waals surface area contributed by atoms with Crippen LogP contribution in [0, 0.1) is 18.6 Å². The Hall–Kier alpha value is -1.79. The zero-order valence-electron chi connectivity index (χ0n) is 12.1. The summed E-state index contributed by atoms with van der Waals surface area (Å²) in [6, 6.07) is 6.26. The number of pyridine rings is 1. The zero-order chi connectivity index (χ0) is 15.0. The van der Waals surface area contributed by atoms with Crippen molar-refractivity contribution < 1.29 is 0 Å². The molecular formula is C15H16N4S2. The Morgan fingerprint density at radius 3 is 2.81 bits per heavy atom. The van der Waals surface area contributed by atoms with Gasteiger partial charge in [0.1, 0.15) is 0 Å². The summed E-state index contributed by atoms with van der Waals surface area (Å²) in [4.78, 5) is 6.80. The monoisotopic (exact) mass is 316 g/mol. The second-order valence-electron chi connectivity index (χ2n) is 5.01. The van der Waals surface area contributed by atoms with Crippen LogP contribution in [0.4, 0.5) is 0 Å². The molecule has 0 aliphatic carbocycles. The maximum absolute atomic E-state index is 5.43. The summed E-state index contributed by atoms with van der Waals surface area (Å²) >= 11 is 7.24. The summed E-state index contributed by atoms with van der Waals surface area (Å²) in [5.74, 6) is 0.823. The smallest absolute Gasteiger partial charge is 0.196 e. The van der Waals surface area contributed by atoms with Crippen LogP contribution in [0.3, 0.4) is 0 Å². The van der Waals surface area contributed by atoms with Gasteiger partial charge in [-0.25, -0.2) is 0 Å². The van der Waals surface area contributed by atoms with Crippen LogP contribution in [0.1, 0.15) is 28.3 Å². The molecule has 0 aromatic carbocycles. The summed E-state index contributed by atoms with van der Waals surface area (Å²) in [6.07, 6.45) is 3.56. The van der Waals surface area contributed by atoms with Crippen LogP contribution >= 0.6 is 23.6 Å². The number of nitrogens with one attached hydrogen (secondary N) is 1. The Bertz CT molecular complexity index is 814. The Kier molecular flexibility index (Phi) is 3.73. The molecule has 21 heavy (non-hydrogen) atoms. The number of hydrogen-bond acceptors (Lipinski definition) is 4. The second-order valence-corrected chi connectivity index (χ2v) is 6.86. The fraction of sp³-hybridized carbons (Fsp3) is 0.267. The summed E-state index contributed by atoms with van der Waals surface area (Å²) in [7, 11) is 0. The summed E-state index contributed by atoms with van der Waals surface area (Å²) < 4.78 is 2.69. The van der Waals surface area contributed by atoms with Gasteiger partial charge in [-0.3, -0.25) is 14.6 Å². The predicted octanol–water partition coefficient (Wildman–Crippen LogP) is 4.29. The average molecular weight is 316 g/mol. The van der Waals surface area contributed by atoms with Gasteiger partial charge in [0.2, 0.25) is 0 Å². The predicted molar refractivity (Wildman–Crippen MR) is 88.2 cm³/mol. The molecule has 0 bridgehead atoms. The van der Waals surface area contributed by atoms with Gasteiger partial charge >= 0.3 is 0 Å². The third kappa shape index (κ3) is 2.56. The lowest BCUT2D eigenvalue weighted by Crippen LogP contribution is -2.09. The quantitative estimate of drug-likeness (QED) is 0.733. The number of rotatable bonds is 3. The molecule has 0 radical (unpaired) electrons. The molecule has 6 heteroatoms. The molecule has 3 aromatic rings. The Labute approximate surface area is 132 Å². The molecule has 0 aliphatic heterocycles. The van der Waals surface area contributed by atoms with Crippen LogP contribution in [-0.2, 0) is 0 Å². The van der Waals surface area contributed by atoms with Gasteiger partial charge in [0.15, 0.2) is 10.6 Å². The van der Waals surface area contributed by atoms with Crippen molar-refractivity contribution in [2.75, 3.05) is 0 Å². The van der Waals surface area contributed by atoms with Crippen molar-refractivity contribution in [3.05, 3.63) is 50.7 Å². The third-order valence-corrected chi connectivity index (χ3v) is 4.81. The second kappa shape index (κ2) is 5.54. The first-order valence-corrected chi connectivity index (χ1v) is 7.94. The molecule has 3 rings (SSSR count). The highest BCUT2D eigenvalue weighted by molar-refractivity contribution is 7.71. The Morgan fingerprint density at radius 2 is 2.19 bits per heavy atom. The van der Waals surface area contributed by atoms with Crippen LogP contribution in [0.25, 0.3) is 11.4 Å². The van der Waals surface area contributed by atoms with Gasteiger partial charge in [-0.15, -0.1) is 11.3 Å². The molecule has 0 saturated heterocycles. The van der Waals surface area contributed by atoms with Gasteiger partial charge in [0.05, 0.1) is 6.04 Å². The molecule has 4 nitrogen and oxygen atoms in total. The maximum atomic E-state index is 5.43. The number of aromatic amines is 1. The molecule has 1 N–H and O–H groups in total. The Balaban J connectivity index is 2.13. The number of thiophene rings is 1. The van der Waals surface area contributed by atoms with E-state index >= 15 is 0 Å². The molecule has 0 spiro atoms. The van der Waals surface area contributed by atoms with Gasteiger partial charge in [-0.05, 0) is 56.8 Å². The van der Waals surface area contributed by atoms with E-state index < -0.39 is 0 Å². The number of aromatic nitrogens is 4. The normalized spacial score (nSPS) is 12.5.